The summed E-state index contributed by atoms with van der Waals surface area (Å²) in [5, 5.41) is 6.55. The van der Waals surface area contributed by atoms with E-state index >= 15 is 0 Å². The smallest absolute Gasteiger partial charge is 0.224 e. The van der Waals surface area contributed by atoms with Gasteiger partial charge in [-0.25, -0.2) is 9.97 Å². The number of nitrogens with one attached hydrogen (secondary N) is 2. The lowest BCUT2D eigenvalue weighted by molar-refractivity contribution is -0.119. The van der Waals surface area contributed by atoms with Gasteiger partial charge in [0, 0.05) is 37.3 Å². The van der Waals surface area contributed by atoms with Crippen molar-refractivity contribution in [2.45, 2.75) is 57.5 Å². The number of rotatable bonds is 5. The summed E-state index contributed by atoms with van der Waals surface area (Å²) in [7, 11) is 0. The summed E-state index contributed by atoms with van der Waals surface area (Å²) in [6, 6.07) is 17.2. The highest BCUT2D eigenvalue weighted by Gasteiger charge is 2.24. The SMILES string of the molecule is CC(=O)NC1CCC(Nc2nccc(N3CCCc4ccc(-c5ccccc5)nc43)n2)CC1. The van der Waals surface area contributed by atoms with Crippen molar-refractivity contribution in [1.29, 1.82) is 0 Å². The summed E-state index contributed by atoms with van der Waals surface area (Å²) in [5.74, 6) is 2.57. The first-order chi connectivity index (χ1) is 16.2. The number of anilines is 3. The van der Waals surface area contributed by atoms with Gasteiger partial charge >= 0.3 is 0 Å². The van der Waals surface area contributed by atoms with Crippen molar-refractivity contribution in [3.05, 3.63) is 60.3 Å². The molecule has 2 aliphatic rings. The lowest BCUT2D eigenvalue weighted by Crippen LogP contribution is -2.39. The first kappa shape index (κ1) is 21.4. The monoisotopic (exact) mass is 442 g/mol. The zero-order chi connectivity index (χ0) is 22.6. The summed E-state index contributed by atoms with van der Waals surface area (Å²) in [5.41, 5.74) is 3.35. The molecular weight excluding hydrogens is 412 g/mol. The molecule has 0 bridgehead atoms. The minimum Gasteiger partial charge on any atom is -0.354 e. The van der Waals surface area contributed by atoms with Gasteiger partial charge in [-0.15, -0.1) is 0 Å². The molecule has 2 N–H and O–H groups in total. The maximum Gasteiger partial charge on any atom is 0.224 e. The summed E-state index contributed by atoms with van der Waals surface area (Å²) in [6.07, 6.45) is 7.86. The van der Waals surface area contributed by atoms with Gasteiger partial charge in [-0.05, 0) is 56.2 Å². The van der Waals surface area contributed by atoms with Crippen LogP contribution in [0.25, 0.3) is 11.3 Å². The van der Waals surface area contributed by atoms with Crippen LogP contribution >= 0.6 is 0 Å². The minimum atomic E-state index is 0.0493. The predicted octanol–water partition coefficient (Wildman–Crippen LogP) is 4.48. The third-order valence-corrected chi connectivity index (χ3v) is 6.49. The molecule has 7 nitrogen and oxygen atoms in total. The number of carbonyl (C=O) groups is 1. The van der Waals surface area contributed by atoms with Crippen LogP contribution in [-0.2, 0) is 11.2 Å². The fraction of sp³-hybridized carbons (Fsp3) is 0.385. The second kappa shape index (κ2) is 9.57. The van der Waals surface area contributed by atoms with Gasteiger partial charge in [0.05, 0.1) is 5.69 Å². The molecule has 0 unspecified atom stereocenters. The number of carbonyl (C=O) groups excluding carboxylic acids is 1. The lowest BCUT2D eigenvalue weighted by atomic mass is 9.91. The largest absolute Gasteiger partial charge is 0.354 e. The summed E-state index contributed by atoms with van der Waals surface area (Å²) in [6.45, 7) is 2.47. The van der Waals surface area contributed by atoms with Crippen LogP contribution < -0.4 is 15.5 Å². The number of pyridine rings is 1. The third-order valence-electron chi connectivity index (χ3n) is 6.49. The molecule has 0 radical (unpaired) electrons. The van der Waals surface area contributed by atoms with E-state index in [9.17, 15) is 4.79 Å². The molecule has 1 fully saturated rings. The molecule has 0 spiro atoms. The molecule has 0 atom stereocenters. The van der Waals surface area contributed by atoms with Crippen molar-refractivity contribution >= 4 is 23.5 Å². The fourth-order valence-electron chi connectivity index (χ4n) is 4.85. The molecule has 5 rings (SSSR count). The van der Waals surface area contributed by atoms with Crippen LogP contribution in [0.15, 0.2) is 54.7 Å². The Morgan fingerprint density at radius 1 is 0.970 bits per heavy atom. The van der Waals surface area contributed by atoms with Gasteiger partial charge < -0.3 is 15.5 Å². The first-order valence-electron chi connectivity index (χ1n) is 11.9. The summed E-state index contributed by atoms with van der Waals surface area (Å²) >= 11 is 0. The average Bonchev–Trinajstić information content (AvgIpc) is 2.85. The predicted molar refractivity (Wildman–Crippen MR) is 131 cm³/mol. The van der Waals surface area contributed by atoms with E-state index in [-0.39, 0.29) is 11.9 Å². The van der Waals surface area contributed by atoms with Gasteiger partial charge in [0.2, 0.25) is 11.9 Å². The molecule has 1 amide bonds. The molecule has 33 heavy (non-hydrogen) atoms. The molecule has 1 aromatic carbocycles. The molecule has 1 saturated carbocycles. The van der Waals surface area contributed by atoms with Crippen LogP contribution in [-0.4, -0.2) is 39.5 Å². The lowest BCUT2D eigenvalue weighted by Gasteiger charge is -2.31. The molecule has 3 aromatic rings. The van der Waals surface area contributed by atoms with Gasteiger partial charge in [-0.1, -0.05) is 36.4 Å². The molecule has 1 aliphatic heterocycles. The molecule has 7 heteroatoms. The Labute approximate surface area is 194 Å². The Balaban J connectivity index is 1.33. The molecule has 2 aromatic heterocycles. The van der Waals surface area contributed by atoms with E-state index in [1.807, 2.05) is 30.5 Å². The van der Waals surface area contributed by atoms with Crippen molar-refractivity contribution in [2.75, 3.05) is 16.8 Å². The van der Waals surface area contributed by atoms with E-state index in [1.165, 1.54) is 5.56 Å². The second-order valence-corrected chi connectivity index (χ2v) is 8.93. The van der Waals surface area contributed by atoms with E-state index in [0.717, 1.165) is 68.0 Å². The van der Waals surface area contributed by atoms with Gasteiger partial charge in [0.1, 0.15) is 11.6 Å². The molecule has 1 aliphatic carbocycles. The quantitative estimate of drug-likeness (QED) is 0.606. The van der Waals surface area contributed by atoms with Crippen LogP contribution in [0.5, 0.6) is 0 Å². The number of aryl methyl sites for hydroxylation is 1. The highest BCUT2D eigenvalue weighted by molar-refractivity contribution is 5.73. The van der Waals surface area contributed by atoms with Crippen molar-refractivity contribution in [1.82, 2.24) is 20.3 Å². The van der Waals surface area contributed by atoms with E-state index in [2.05, 4.69) is 44.8 Å². The van der Waals surface area contributed by atoms with Gasteiger partial charge in [-0.3, -0.25) is 4.79 Å². The topological polar surface area (TPSA) is 83.0 Å². The average molecular weight is 443 g/mol. The highest BCUT2D eigenvalue weighted by atomic mass is 16.1. The molecular formula is C26H30N6O. The Bertz CT molecular complexity index is 1110. The second-order valence-electron chi connectivity index (χ2n) is 8.93. The Hall–Kier alpha value is -3.48. The van der Waals surface area contributed by atoms with Gasteiger partial charge in [0.25, 0.3) is 0 Å². The van der Waals surface area contributed by atoms with Crippen molar-refractivity contribution in [2.24, 2.45) is 0 Å². The molecule has 3 heterocycles. The number of aromatic nitrogens is 3. The maximum absolute atomic E-state index is 11.3. The van der Waals surface area contributed by atoms with Crippen LogP contribution in [0.4, 0.5) is 17.6 Å². The highest BCUT2D eigenvalue weighted by Crippen LogP contribution is 2.33. The van der Waals surface area contributed by atoms with Crippen LogP contribution in [0.2, 0.25) is 0 Å². The third kappa shape index (κ3) is 4.97. The standard InChI is InChI=1S/C26H30N6O/c1-18(33)28-21-10-12-22(13-11-21)29-26-27-16-15-24(31-26)32-17-5-8-20-9-14-23(30-25(20)32)19-6-3-2-4-7-19/h2-4,6-7,9,14-16,21-22H,5,8,10-13,17H2,1H3,(H,28,33)(H,27,29,31). The number of hydrogen-bond acceptors (Lipinski definition) is 6. The van der Waals surface area contributed by atoms with Gasteiger partial charge in [-0.2, -0.15) is 4.98 Å². The Kier molecular flexibility index (Phi) is 6.19. The van der Waals surface area contributed by atoms with Crippen LogP contribution in [0, 0.1) is 0 Å². The van der Waals surface area contributed by atoms with E-state index in [0.29, 0.717) is 12.0 Å². The van der Waals surface area contributed by atoms with E-state index in [1.54, 1.807) is 6.92 Å². The number of fused-ring (bicyclic) bond motifs is 1. The fourth-order valence-corrected chi connectivity index (χ4v) is 4.85. The maximum atomic E-state index is 11.3. The Morgan fingerprint density at radius 2 is 1.76 bits per heavy atom. The van der Waals surface area contributed by atoms with Crippen LogP contribution in [0.1, 0.15) is 44.6 Å². The van der Waals surface area contributed by atoms with E-state index in [4.69, 9.17) is 9.97 Å². The minimum absolute atomic E-state index is 0.0493. The number of amides is 1. The number of nitrogens with zero attached hydrogens (tertiary/aromatic N) is 4. The normalized spacial score (nSPS) is 20.1. The van der Waals surface area contributed by atoms with Gasteiger partial charge in [0.15, 0.2) is 0 Å². The zero-order valence-corrected chi connectivity index (χ0v) is 19.0. The van der Waals surface area contributed by atoms with E-state index < -0.39 is 0 Å². The number of benzene rings is 1. The number of hydrogen-bond donors (Lipinski definition) is 2. The summed E-state index contributed by atoms with van der Waals surface area (Å²) in [4.78, 5) is 27.9. The van der Waals surface area contributed by atoms with Crippen molar-refractivity contribution < 1.29 is 4.79 Å². The Morgan fingerprint density at radius 3 is 2.55 bits per heavy atom. The van der Waals surface area contributed by atoms with Crippen molar-refractivity contribution in [3.63, 3.8) is 0 Å². The van der Waals surface area contributed by atoms with Crippen LogP contribution in [0.3, 0.4) is 0 Å². The molecule has 0 saturated heterocycles. The van der Waals surface area contributed by atoms with Crippen molar-refractivity contribution in [3.8, 4) is 11.3 Å². The molecule has 170 valence electrons. The summed E-state index contributed by atoms with van der Waals surface area (Å²) < 4.78 is 0. The zero-order valence-electron chi connectivity index (χ0n) is 19.0. The first-order valence-corrected chi connectivity index (χ1v) is 11.9.